The molecule has 5 rings (SSSR count). The lowest BCUT2D eigenvalue weighted by Crippen LogP contribution is -2.37. The van der Waals surface area contributed by atoms with Crippen LogP contribution in [0, 0.1) is 10.1 Å². The van der Waals surface area contributed by atoms with E-state index >= 15 is 0 Å². The predicted octanol–water partition coefficient (Wildman–Crippen LogP) is 3.59. The predicted molar refractivity (Wildman–Crippen MR) is 150 cm³/mol. The molecular formula is C24H21Cl2N9O5. The second-order valence-corrected chi connectivity index (χ2v) is 9.27. The number of nitro benzene ring substituents is 1. The Bertz CT molecular complexity index is 1750. The van der Waals surface area contributed by atoms with Crippen molar-refractivity contribution in [2.24, 2.45) is 12.1 Å². The summed E-state index contributed by atoms with van der Waals surface area (Å²) in [5.74, 6) is 1.07. The molecule has 0 saturated carbocycles. The maximum Gasteiger partial charge on any atom is 0.293 e. The Morgan fingerprint density at radius 1 is 1.07 bits per heavy atom. The number of benzene rings is 2. The first kappa shape index (κ1) is 26.9. The van der Waals surface area contributed by atoms with Crippen LogP contribution in [0.5, 0.6) is 11.5 Å². The first-order valence-corrected chi connectivity index (χ1v) is 12.2. The van der Waals surface area contributed by atoms with Gasteiger partial charge in [-0.1, -0.05) is 23.2 Å². The van der Waals surface area contributed by atoms with Crippen LogP contribution in [0.2, 0.25) is 10.0 Å². The van der Waals surface area contributed by atoms with E-state index in [1.807, 2.05) is 0 Å². The van der Waals surface area contributed by atoms with E-state index in [-0.39, 0.29) is 55.6 Å². The summed E-state index contributed by atoms with van der Waals surface area (Å²) in [7, 11) is 6.12. The lowest BCUT2D eigenvalue weighted by Gasteiger charge is -2.16. The molecule has 0 fully saturated rings. The van der Waals surface area contributed by atoms with Gasteiger partial charge in [0.1, 0.15) is 22.8 Å². The minimum atomic E-state index is -0.527. The average molecular weight is 586 g/mol. The number of nitro groups is 1. The molecule has 0 radical (unpaired) electrons. The van der Waals surface area contributed by atoms with Gasteiger partial charge in [-0.3, -0.25) is 24.5 Å². The molecule has 4 aromatic rings. The van der Waals surface area contributed by atoms with Gasteiger partial charge in [0.2, 0.25) is 5.95 Å². The van der Waals surface area contributed by atoms with Gasteiger partial charge in [-0.15, -0.1) is 10.6 Å². The van der Waals surface area contributed by atoms with Gasteiger partial charge >= 0.3 is 0 Å². The van der Waals surface area contributed by atoms with Crippen LogP contribution in [0.15, 0.2) is 46.4 Å². The lowest BCUT2D eigenvalue weighted by atomic mass is 10.0. The monoisotopic (exact) mass is 585 g/mol. The number of hydrogen-bond donors (Lipinski definition) is 3. The number of hydrogen-bond acceptors (Lipinski definition) is 12. The number of halogens is 2. The molecule has 40 heavy (non-hydrogen) atoms. The standard InChI is InChI=1S/C24H21Cl2N9O5/c1-33-21-12(7-13(23(33)36)18-19(25)16(39-3)9-17(40-4)20(18)26)10-27-24(29-21)28-14-6-5-11(8-15(14)35(37)38)22-30-31-32-34(22)2/h5-10,31-32H,1-4H3,(H,27,28,29). The Hall–Kier alpha value is -4.66. The highest BCUT2D eigenvalue weighted by Gasteiger charge is 2.24. The number of rotatable bonds is 7. The van der Waals surface area contributed by atoms with Crippen LogP contribution in [0.25, 0.3) is 22.2 Å². The molecule has 1 aliphatic rings. The third kappa shape index (κ3) is 4.57. The van der Waals surface area contributed by atoms with Crippen molar-refractivity contribution in [3.8, 4) is 22.6 Å². The number of fused-ring (bicyclic) bond motifs is 1. The summed E-state index contributed by atoms with van der Waals surface area (Å²) in [6.07, 6.45) is 1.48. The molecule has 0 spiro atoms. The molecule has 3 heterocycles. The van der Waals surface area contributed by atoms with Gasteiger partial charge in [0.25, 0.3) is 11.2 Å². The topological polar surface area (TPSA) is 161 Å². The zero-order valence-electron chi connectivity index (χ0n) is 21.4. The molecule has 0 amide bonds. The van der Waals surface area contributed by atoms with Crippen LogP contribution in [0.4, 0.5) is 17.3 Å². The molecule has 0 unspecified atom stereocenters. The molecule has 2 aromatic carbocycles. The van der Waals surface area contributed by atoms with Gasteiger partial charge in [0.15, 0.2) is 5.84 Å². The van der Waals surface area contributed by atoms with Crippen LogP contribution >= 0.6 is 23.2 Å². The summed E-state index contributed by atoms with van der Waals surface area (Å²) in [5.41, 5.74) is 6.02. The van der Waals surface area contributed by atoms with Crippen molar-refractivity contribution in [1.82, 2.24) is 30.6 Å². The van der Waals surface area contributed by atoms with E-state index in [0.29, 0.717) is 16.8 Å². The number of aromatic nitrogens is 3. The zero-order chi connectivity index (χ0) is 28.7. The minimum Gasteiger partial charge on any atom is -0.495 e. The SMILES string of the molecule is COc1cc(OC)c(Cl)c(-c2cc3cnc(Nc4ccc(C5=NNNN5C)cc4[N+](=O)[O-])nc3n(C)c2=O)c1Cl. The zero-order valence-corrected chi connectivity index (χ0v) is 23.0. The molecule has 3 N–H and O–H groups in total. The molecule has 2 aromatic heterocycles. The molecule has 0 saturated heterocycles. The minimum absolute atomic E-state index is 0.0453. The Balaban J connectivity index is 1.57. The van der Waals surface area contributed by atoms with Gasteiger partial charge in [0, 0.05) is 48.9 Å². The highest BCUT2D eigenvalue weighted by Crippen LogP contribution is 2.45. The second kappa shape index (κ2) is 10.5. The van der Waals surface area contributed by atoms with Gasteiger partial charge < -0.3 is 14.8 Å². The highest BCUT2D eigenvalue weighted by molar-refractivity contribution is 6.41. The number of hydrazine groups is 2. The summed E-state index contributed by atoms with van der Waals surface area (Å²) in [6, 6.07) is 7.66. The van der Waals surface area contributed by atoms with Crippen LogP contribution < -0.4 is 31.4 Å². The molecule has 206 valence electrons. The van der Waals surface area contributed by atoms with Crippen molar-refractivity contribution in [3.05, 3.63) is 72.6 Å². The Kier molecular flexibility index (Phi) is 7.06. The smallest absolute Gasteiger partial charge is 0.293 e. The number of ether oxygens (including phenoxy) is 2. The van der Waals surface area contributed by atoms with Crippen molar-refractivity contribution < 1.29 is 14.4 Å². The summed E-state index contributed by atoms with van der Waals surface area (Å²) in [5, 5.41) is 21.1. The Morgan fingerprint density at radius 3 is 2.38 bits per heavy atom. The van der Waals surface area contributed by atoms with Crippen molar-refractivity contribution in [2.75, 3.05) is 26.6 Å². The van der Waals surface area contributed by atoms with E-state index in [1.165, 1.54) is 50.2 Å². The molecule has 16 heteroatoms. The maximum absolute atomic E-state index is 13.5. The largest absolute Gasteiger partial charge is 0.495 e. The van der Waals surface area contributed by atoms with E-state index in [9.17, 15) is 14.9 Å². The molecule has 0 atom stereocenters. The summed E-state index contributed by atoms with van der Waals surface area (Å²) in [6.45, 7) is 0. The third-order valence-electron chi connectivity index (χ3n) is 6.19. The Morgan fingerprint density at radius 2 is 1.77 bits per heavy atom. The van der Waals surface area contributed by atoms with Crippen LogP contribution in [0.1, 0.15) is 5.56 Å². The maximum atomic E-state index is 13.5. The van der Waals surface area contributed by atoms with Crippen molar-refractivity contribution >= 4 is 57.4 Å². The number of hydrazone groups is 1. The fourth-order valence-electron chi connectivity index (χ4n) is 4.20. The summed E-state index contributed by atoms with van der Waals surface area (Å²) in [4.78, 5) is 33.5. The number of amidine groups is 1. The average Bonchev–Trinajstić information content (AvgIpc) is 3.37. The highest BCUT2D eigenvalue weighted by atomic mass is 35.5. The third-order valence-corrected chi connectivity index (χ3v) is 6.94. The van der Waals surface area contributed by atoms with E-state index < -0.39 is 10.5 Å². The number of aryl methyl sites for hydroxylation is 1. The second-order valence-electron chi connectivity index (χ2n) is 8.51. The Labute approximate surface area is 236 Å². The van der Waals surface area contributed by atoms with Gasteiger partial charge in [0.05, 0.1) is 34.8 Å². The number of nitrogens with zero attached hydrogens (tertiary/aromatic N) is 6. The van der Waals surface area contributed by atoms with Crippen LogP contribution in [-0.4, -0.2) is 51.6 Å². The number of pyridine rings is 1. The molecule has 14 nitrogen and oxygen atoms in total. The van der Waals surface area contributed by atoms with E-state index in [4.69, 9.17) is 32.7 Å². The summed E-state index contributed by atoms with van der Waals surface area (Å²) >= 11 is 13.1. The van der Waals surface area contributed by atoms with E-state index in [0.717, 1.165) is 0 Å². The van der Waals surface area contributed by atoms with Crippen molar-refractivity contribution in [1.29, 1.82) is 0 Å². The van der Waals surface area contributed by atoms with Gasteiger partial charge in [-0.25, -0.2) is 10.5 Å². The normalized spacial score (nSPS) is 12.8. The fourth-order valence-corrected chi connectivity index (χ4v) is 4.90. The lowest BCUT2D eigenvalue weighted by molar-refractivity contribution is -0.383. The quantitative estimate of drug-likeness (QED) is 0.214. The van der Waals surface area contributed by atoms with Crippen LogP contribution in [-0.2, 0) is 7.05 Å². The summed E-state index contributed by atoms with van der Waals surface area (Å²) < 4.78 is 12.0. The molecular weight excluding hydrogens is 565 g/mol. The molecule has 1 aliphatic heterocycles. The van der Waals surface area contributed by atoms with E-state index in [1.54, 1.807) is 24.2 Å². The van der Waals surface area contributed by atoms with Crippen molar-refractivity contribution in [2.45, 2.75) is 0 Å². The molecule has 0 bridgehead atoms. The van der Waals surface area contributed by atoms with E-state index in [2.05, 4.69) is 31.5 Å². The number of nitrogens with one attached hydrogen (secondary N) is 3. The fraction of sp³-hybridized carbons (Fsp3) is 0.167. The molecule has 0 aliphatic carbocycles. The first-order valence-electron chi connectivity index (χ1n) is 11.5. The van der Waals surface area contributed by atoms with Gasteiger partial charge in [-0.05, 0) is 18.2 Å². The van der Waals surface area contributed by atoms with Crippen LogP contribution in [0.3, 0.4) is 0 Å². The number of anilines is 2. The first-order chi connectivity index (χ1) is 19.1. The van der Waals surface area contributed by atoms with Crippen molar-refractivity contribution in [3.63, 3.8) is 0 Å². The van der Waals surface area contributed by atoms with Gasteiger partial charge in [-0.2, -0.15) is 4.98 Å². The number of methoxy groups -OCH3 is 2.